The van der Waals surface area contributed by atoms with Crippen LogP contribution in [0.15, 0.2) is 24.3 Å². The highest BCUT2D eigenvalue weighted by atomic mass is 19.1. The molecule has 1 aromatic rings. The Hall–Kier alpha value is -0.930. The fourth-order valence-electron chi connectivity index (χ4n) is 2.13. The van der Waals surface area contributed by atoms with E-state index in [-0.39, 0.29) is 5.82 Å². The molecule has 16 heavy (non-hydrogen) atoms. The second-order valence-corrected chi connectivity index (χ2v) is 4.42. The average molecular weight is 222 g/mol. The predicted octanol–water partition coefficient (Wildman–Crippen LogP) is 1.91. The van der Waals surface area contributed by atoms with Crippen LogP contribution in [0.3, 0.4) is 0 Å². The molecule has 0 saturated carbocycles. The van der Waals surface area contributed by atoms with Crippen LogP contribution in [0, 0.1) is 11.7 Å². The van der Waals surface area contributed by atoms with E-state index in [9.17, 15) is 4.39 Å². The summed E-state index contributed by atoms with van der Waals surface area (Å²) in [5.41, 5.74) is 0.757. The molecule has 2 N–H and O–H groups in total. The van der Waals surface area contributed by atoms with Gasteiger partial charge in [-0.05, 0) is 44.5 Å². The highest BCUT2D eigenvalue weighted by molar-refractivity contribution is 5.16. The highest BCUT2D eigenvalue weighted by Gasteiger charge is 2.13. The summed E-state index contributed by atoms with van der Waals surface area (Å²) in [6.07, 6.45) is 2.46. The van der Waals surface area contributed by atoms with E-state index in [0.29, 0.717) is 6.54 Å². The average Bonchev–Trinajstić information content (AvgIpc) is 2.79. The van der Waals surface area contributed by atoms with Gasteiger partial charge in [-0.2, -0.15) is 0 Å². The minimum atomic E-state index is -0.113. The third-order valence-electron chi connectivity index (χ3n) is 3.17. The molecule has 0 aromatic heterocycles. The second-order valence-electron chi connectivity index (χ2n) is 4.42. The summed E-state index contributed by atoms with van der Waals surface area (Å²) >= 11 is 0. The maximum atomic E-state index is 13.3. The first-order valence-electron chi connectivity index (χ1n) is 6.01. The third-order valence-corrected chi connectivity index (χ3v) is 3.17. The van der Waals surface area contributed by atoms with E-state index in [1.165, 1.54) is 18.9 Å². The van der Waals surface area contributed by atoms with Crippen molar-refractivity contribution in [2.75, 3.05) is 19.6 Å². The fraction of sp³-hybridized carbons (Fsp3) is 0.538. The van der Waals surface area contributed by atoms with Gasteiger partial charge in [0.1, 0.15) is 5.82 Å². The lowest BCUT2D eigenvalue weighted by molar-refractivity contribution is 0.495. The van der Waals surface area contributed by atoms with Gasteiger partial charge in [0.25, 0.3) is 0 Å². The number of nitrogens with one attached hydrogen (secondary N) is 2. The Kier molecular flexibility index (Phi) is 4.31. The maximum Gasteiger partial charge on any atom is 0.127 e. The lowest BCUT2D eigenvalue weighted by Gasteiger charge is -2.09. The van der Waals surface area contributed by atoms with Crippen molar-refractivity contribution in [1.82, 2.24) is 10.6 Å². The molecule has 0 radical (unpaired) electrons. The Morgan fingerprint density at radius 1 is 1.38 bits per heavy atom. The Morgan fingerprint density at radius 3 is 3.00 bits per heavy atom. The highest BCUT2D eigenvalue weighted by Crippen LogP contribution is 2.11. The lowest BCUT2D eigenvalue weighted by Crippen LogP contribution is -2.19. The predicted molar refractivity (Wildman–Crippen MR) is 63.7 cm³/mol. The number of rotatable bonds is 5. The molecule has 1 saturated heterocycles. The Morgan fingerprint density at radius 2 is 2.25 bits per heavy atom. The van der Waals surface area contributed by atoms with Crippen molar-refractivity contribution >= 4 is 0 Å². The van der Waals surface area contributed by atoms with E-state index in [0.717, 1.165) is 31.1 Å². The number of hydrogen-bond donors (Lipinski definition) is 2. The molecule has 2 nitrogen and oxygen atoms in total. The smallest absolute Gasteiger partial charge is 0.127 e. The SMILES string of the molecule is Fc1ccccc1CNCCC1CCNC1. The van der Waals surface area contributed by atoms with Gasteiger partial charge in [-0.15, -0.1) is 0 Å². The molecule has 1 heterocycles. The molecule has 0 aliphatic carbocycles. The second kappa shape index (κ2) is 5.97. The van der Waals surface area contributed by atoms with Crippen molar-refractivity contribution in [1.29, 1.82) is 0 Å². The van der Waals surface area contributed by atoms with E-state index in [1.54, 1.807) is 6.07 Å². The van der Waals surface area contributed by atoms with E-state index >= 15 is 0 Å². The summed E-state index contributed by atoms with van der Waals surface area (Å²) in [5.74, 6) is 0.686. The normalized spacial score (nSPS) is 20.2. The Labute approximate surface area is 96.2 Å². The number of benzene rings is 1. The van der Waals surface area contributed by atoms with Gasteiger partial charge in [0.05, 0.1) is 0 Å². The van der Waals surface area contributed by atoms with Crippen molar-refractivity contribution in [3.63, 3.8) is 0 Å². The third kappa shape index (κ3) is 3.29. The molecule has 0 spiro atoms. The molecule has 1 aromatic carbocycles. The van der Waals surface area contributed by atoms with Crippen molar-refractivity contribution in [3.05, 3.63) is 35.6 Å². The van der Waals surface area contributed by atoms with Crippen LogP contribution >= 0.6 is 0 Å². The molecule has 1 fully saturated rings. The van der Waals surface area contributed by atoms with Crippen molar-refractivity contribution in [3.8, 4) is 0 Å². The molecule has 88 valence electrons. The maximum absolute atomic E-state index is 13.3. The summed E-state index contributed by atoms with van der Waals surface area (Å²) < 4.78 is 13.3. The lowest BCUT2D eigenvalue weighted by atomic mass is 10.1. The Balaban J connectivity index is 1.66. The first kappa shape index (κ1) is 11.6. The molecular formula is C13H19FN2. The van der Waals surface area contributed by atoms with Gasteiger partial charge in [-0.25, -0.2) is 4.39 Å². The van der Waals surface area contributed by atoms with Crippen LogP contribution in [-0.2, 0) is 6.54 Å². The first-order valence-corrected chi connectivity index (χ1v) is 6.01. The van der Waals surface area contributed by atoms with E-state index in [1.807, 2.05) is 12.1 Å². The topological polar surface area (TPSA) is 24.1 Å². The van der Waals surface area contributed by atoms with E-state index in [2.05, 4.69) is 10.6 Å². The van der Waals surface area contributed by atoms with Crippen LogP contribution in [0.4, 0.5) is 4.39 Å². The first-order chi connectivity index (χ1) is 7.86. The van der Waals surface area contributed by atoms with E-state index in [4.69, 9.17) is 0 Å². The Bertz CT molecular complexity index is 321. The number of hydrogen-bond acceptors (Lipinski definition) is 2. The van der Waals surface area contributed by atoms with Crippen LogP contribution in [0.2, 0.25) is 0 Å². The quantitative estimate of drug-likeness (QED) is 0.744. The summed E-state index contributed by atoms with van der Waals surface area (Å²) in [6, 6.07) is 6.95. The molecule has 0 amide bonds. The van der Waals surface area contributed by atoms with Crippen LogP contribution in [0.25, 0.3) is 0 Å². The van der Waals surface area contributed by atoms with Gasteiger partial charge >= 0.3 is 0 Å². The molecule has 3 heteroatoms. The summed E-state index contributed by atoms with van der Waals surface area (Å²) in [5, 5.41) is 6.65. The molecule has 1 aliphatic heterocycles. The van der Waals surface area contributed by atoms with Gasteiger partial charge in [-0.3, -0.25) is 0 Å². The minimum absolute atomic E-state index is 0.113. The number of halogens is 1. The van der Waals surface area contributed by atoms with Crippen LogP contribution < -0.4 is 10.6 Å². The standard InChI is InChI=1S/C13H19FN2/c14-13-4-2-1-3-12(13)10-16-8-6-11-5-7-15-9-11/h1-4,11,15-16H,5-10H2. The zero-order valence-corrected chi connectivity index (χ0v) is 9.51. The van der Waals surface area contributed by atoms with Crippen LogP contribution in [0.1, 0.15) is 18.4 Å². The molecule has 1 unspecified atom stereocenters. The fourth-order valence-corrected chi connectivity index (χ4v) is 2.13. The minimum Gasteiger partial charge on any atom is -0.316 e. The van der Waals surface area contributed by atoms with Gasteiger partial charge in [0.15, 0.2) is 0 Å². The molecular weight excluding hydrogens is 203 g/mol. The largest absolute Gasteiger partial charge is 0.316 e. The van der Waals surface area contributed by atoms with Crippen LogP contribution in [-0.4, -0.2) is 19.6 Å². The van der Waals surface area contributed by atoms with Crippen LogP contribution in [0.5, 0.6) is 0 Å². The van der Waals surface area contributed by atoms with Gasteiger partial charge < -0.3 is 10.6 Å². The summed E-state index contributed by atoms with van der Waals surface area (Å²) in [7, 11) is 0. The summed E-state index contributed by atoms with van der Waals surface area (Å²) in [6.45, 7) is 3.90. The van der Waals surface area contributed by atoms with Crippen molar-refractivity contribution in [2.24, 2.45) is 5.92 Å². The van der Waals surface area contributed by atoms with Crippen molar-refractivity contribution in [2.45, 2.75) is 19.4 Å². The van der Waals surface area contributed by atoms with Gasteiger partial charge in [-0.1, -0.05) is 18.2 Å². The van der Waals surface area contributed by atoms with Gasteiger partial charge in [0.2, 0.25) is 0 Å². The molecule has 2 rings (SSSR count). The van der Waals surface area contributed by atoms with Crippen molar-refractivity contribution < 1.29 is 4.39 Å². The van der Waals surface area contributed by atoms with E-state index < -0.39 is 0 Å². The van der Waals surface area contributed by atoms with Gasteiger partial charge in [0, 0.05) is 12.1 Å². The zero-order valence-electron chi connectivity index (χ0n) is 9.51. The molecule has 1 aliphatic rings. The monoisotopic (exact) mass is 222 g/mol. The zero-order chi connectivity index (χ0) is 11.2. The molecule has 1 atom stereocenters. The summed E-state index contributed by atoms with van der Waals surface area (Å²) in [4.78, 5) is 0. The molecule has 0 bridgehead atoms.